The normalized spacial score (nSPS) is 21.5. The van der Waals surface area contributed by atoms with E-state index in [9.17, 15) is 20.1 Å². The average molecular weight is 406 g/mol. The van der Waals surface area contributed by atoms with Gasteiger partial charge in [-0.15, -0.1) is 0 Å². The Labute approximate surface area is 173 Å². The Morgan fingerprint density at radius 1 is 1.33 bits per heavy atom. The molecule has 1 aromatic heterocycles. The van der Waals surface area contributed by atoms with Gasteiger partial charge in [-0.25, -0.2) is 4.68 Å². The van der Waals surface area contributed by atoms with Gasteiger partial charge in [0.1, 0.15) is 6.23 Å². The molecule has 0 saturated carbocycles. The minimum Gasteiger partial charge on any atom is -0.392 e. The highest BCUT2D eigenvalue weighted by molar-refractivity contribution is 6.04. The molecule has 2 aromatic carbocycles. The van der Waals surface area contributed by atoms with Crippen LogP contribution in [-0.4, -0.2) is 61.3 Å². The molecule has 0 bridgehead atoms. The van der Waals surface area contributed by atoms with Crippen molar-refractivity contribution < 1.29 is 20.1 Å². The Bertz CT molecular complexity index is 1190. The van der Waals surface area contributed by atoms with E-state index in [1.54, 1.807) is 53.0 Å². The lowest BCUT2D eigenvalue weighted by Crippen LogP contribution is -2.42. The van der Waals surface area contributed by atoms with Gasteiger partial charge in [0.2, 0.25) is 0 Å². The first-order chi connectivity index (χ1) is 14.3. The number of amides is 1. The maximum absolute atomic E-state index is 11.9. The smallest absolute Gasteiger partial charge is 0.269 e. The molecule has 5 N–H and O–H groups in total. The monoisotopic (exact) mass is 406 g/mol. The number of benzene rings is 2. The molecular weight excluding hydrogens is 384 g/mol. The van der Waals surface area contributed by atoms with Gasteiger partial charge >= 0.3 is 0 Å². The minimum absolute atomic E-state index is 0.114. The summed E-state index contributed by atoms with van der Waals surface area (Å²) in [6.07, 6.45) is -0.682. The van der Waals surface area contributed by atoms with Gasteiger partial charge in [-0.2, -0.15) is 5.10 Å². The van der Waals surface area contributed by atoms with Gasteiger partial charge in [0, 0.05) is 23.9 Å². The Kier molecular flexibility index (Phi) is 5.05. The highest BCUT2D eigenvalue weighted by Gasteiger charge is 2.42. The zero-order chi connectivity index (χ0) is 21.5. The van der Waals surface area contributed by atoms with Crippen molar-refractivity contribution in [2.24, 2.45) is 5.73 Å². The number of rotatable bonds is 3. The fourth-order valence-corrected chi connectivity index (χ4v) is 3.63. The molecule has 2 heterocycles. The molecule has 1 amide bonds. The second kappa shape index (κ2) is 7.55. The lowest BCUT2D eigenvalue weighted by molar-refractivity contribution is -0.0633. The van der Waals surface area contributed by atoms with E-state index in [0.29, 0.717) is 40.7 Å². The molecule has 3 aromatic rings. The molecular formula is C22H22N4O4. The zero-order valence-electron chi connectivity index (χ0n) is 16.4. The maximum atomic E-state index is 11.9. The lowest BCUT2D eigenvalue weighted by Gasteiger charge is -2.22. The number of carbonyl (C=O) groups is 1. The van der Waals surface area contributed by atoms with E-state index in [-0.39, 0.29) is 12.3 Å². The summed E-state index contributed by atoms with van der Waals surface area (Å²) in [6.45, 7) is 0.395. The number of aromatic nitrogens is 2. The van der Waals surface area contributed by atoms with Crippen LogP contribution in [0.15, 0.2) is 42.5 Å². The van der Waals surface area contributed by atoms with Crippen molar-refractivity contribution in [3.8, 4) is 17.5 Å². The van der Waals surface area contributed by atoms with Crippen LogP contribution in [-0.2, 0) is 6.61 Å². The summed E-state index contributed by atoms with van der Waals surface area (Å²) in [5.74, 6) is 5.06. The van der Waals surface area contributed by atoms with E-state index in [4.69, 9.17) is 5.73 Å². The molecule has 30 heavy (non-hydrogen) atoms. The fourth-order valence-electron chi connectivity index (χ4n) is 3.63. The third-order valence-electron chi connectivity index (χ3n) is 5.36. The van der Waals surface area contributed by atoms with Gasteiger partial charge in [-0.05, 0) is 42.9 Å². The topological polar surface area (TPSA) is 125 Å². The van der Waals surface area contributed by atoms with Crippen molar-refractivity contribution in [2.45, 2.75) is 24.9 Å². The number of likely N-dealkylation sites (tertiary alicyclic amines) is 1. The average Bonchev–Trinajstić information content (AvgIpc) is 3.26. The molecule has 1 aliphatic heterocycles. The van der Waals surface area contributed by atoms with E-state index in [1.807, 2.05) is 6.07 Å². The van der Waals surface area contributed by atoms with E-state index >= 15 is 0 Å². The quantitative estimate of drug-likeness (QED) is 0.466. The van der Waals surface area contributed by atoms with Crippen molar-refractivity contribution in [1.29, 1.82) is 0 Å². The number of hydrogen-bond donors (Lipinski definition) is 4. The van der Waals surface area contributed by atoms with Crippen LogP contribution >= 0.6 is 0 Å². The molecule has 1 fully saturated rings. The SMILES string of the molecule is CN1CC[C@@](O)(C#Cc2cccc(-n3nc(C(N)=O)c4cc(CO)ccc43)c2)C1O. The summed E-state index contributed by atoms with van der Waals surface area (Å²) >= 11 is 0. The molecule has 154 valence electrons. The van der Waals surface area contributed by atoms with Crippen LogP contribution in [0.1, 0.15) is 28.0 Å². The van der Waals surface area contributed by atoms with E-state index < -0.39 is 17.7 Å². The Hall–Kier alpha value is -3.22. The van der Waals surface area contributed by atoms with Crippen LogP contribution in [0.2, 0.25) is 0 Å². The van der Waals surface area contributed by atoms with Crippen LogP contribution in [0.4, 0.5) is 0 Å². The minimum atomic E-state index is -1.48. The number of nitrogens with zero attached hydrogens (tertiary/aromatic N) is 3. The maximum Gasteiger partial charge on any atom is 0.269 e. The van der Waals surface area contributed by atoms with E-state index in [0.717, 1.165) is 0 Å². The zero-order valence-corrected chi connectivity index (χ0v) is 16.4. The number of fused-ring (bicyclic) bond motifs is 1. The first kappa shape index (κ1) is 20.1. The van der Waals surface area contributed by atoms with Gasteiger partial charge in [0.15, 0.2) is 11.3 Å². The number of primary amides is 1. The second-order valence-corrected chi connectivity index (χ2v) is 7.46. The summed E-state index contributed by atoms with van der Waals surface area (Å²) in [7, 11) is 1.73. The highest BCUT2D eigenvalue weighted by Crippen LogP contribution is 2.26. The molecule has 1 saturated heterocycles. The molecule has 0 radical (unpaired) electrons. The largest absolute Gasteiger partial charge is 0.392 e. The Balaban J connectivity index is 1.76. The number of nitrogens with two attached hydrogens (primary N) is 1. The Morgan fingerprint density at radius 3 is 2.80 bits per heavy atom. The molecule has 1 aliphatic rings. The summed E-state index contributed by atoms with van der Waals surface area (Å²) < 4.78 is 1.59. The van der Waals surface area contributed by atoms with Crippen molar-refractivity contribution in [3.05, 3.63) is 59.3 Å². The molecule has 8 heteroatoms. The third kappa shape index (κ3) is 3.44. The number of hydrogen-bond acceptors (Lipinski definition) is 6. The first-order valence-electron chi connectivity index (χ1n) is 9.49. The second-order valence-electron chi connectivity index (χ2n) is 7.46. The van der Waals surface area contributed by atoms with E-state index in [1.165, 1.54) is 0 Å². The van der Waals surface area contributed by atoms with E-state index in [2.05, 4.69) is 16.9 Å². The molecule has 0 aliphatic carbocycles. The van der Waals surface area contributed by atoms with Crippen molar-refractivity contribution in [1.82, 2.24) is 14.7 Å². The first-order valence-corrected chi connectivity index (χ1v) is 9.49. The van der Waals surface area contributed by atoms with Crippen LogP contribution in [0.5, 0.6) is 0 Å². The molecule has 4 rings (SSSR count). The van der Waals surface area contributed by atoms with Crippen LogP contribution in [0.3, 0.4) is 0 Å². The fraction of sp³-hybridized carbons (Fsp3) is 0.273. The van der Waals surface area contributed by atoms with Crippen LogP contribution in [0.25, 0.3) is 16.6 Å². The van der Waals surface area contributed by atoms with Crippen LogP contribution < -0.4 is 5.73 Å². The predicted octanol–water partition coefficient (Wildman–Crippen LogP) is 0.353. The lowest BCUT2D eigenvalue weighted by atomic mass is 10.0. The summed E-state index contributed by atoms with van der Waals surface area (Å²) in [6, 6.07) is 12.4. The van der Waals surface area contributed by atoms with Gasteiger partial charge in [0.25, 0.3) is 5.91 Å². The molecule has 1 unspecified atom stereocenters. The summed E-state index contributed by atoms with van der Waals surface area (Å²) in [5, 5.41) is 35.0. The highest BCUT2D eigenvalue weighted by atomic mass is 16.4. The van der Waals surface area contributed by atoms with Crippen molar-refractivity contribution >= 4 is 16.8 Å². The van der Waals surface area contributed by atoms with Crippen molar-refractivity contribution in [2.75, 3.05) is 13.6 Å². The van der Waals surface area contributed by atoms with Gasteiger partial charge in [-0.3, -0.25) is 9.69 Å². The number of likely N-dealkylation sites (N-methyl/N-ethyl adjacent to an activating group) is 1. The third-order valence-corrected chi connectivity index (χ3v) is 5.36. The standard InChI is InChI=1S/C22H22N4O4/c1-25-10-9-22(30,21(25)29)8-7-14-3-2-4-16(11-14)26-18-6-5-15(13-27)12-17(18)19(24-26)20(23)28/h2-6,11-12,21,27,29-30H,9-10,13H2,1H3,(H2,23,28)/t21?,22-/m0/s1. The molecule has 2 atom stereocenters. The predicted molar refractivity (Wildman–Crippen MR) is 111 cm³/mol. The van der Waals surface area contributed by atoms with Gasteiger partial charge < -0.3 is 21.1 Å². The number of aliphatic hydroxyl groups excluding tert-OH is 2. The van der Waals surface area contributed by atoms with Crippen molar-refractivity contribution in [3.63, 3.8) is 0 Å². The number of carbonyl (C=O) groups excluding carboxylic acids is 1. The summed E-state index contributed by atoms with van der Waals surface area (Å²) in [4.78, 5) is 13.5. The van der Waals surface area contributed by atoms with Gasteiger partial charge in [-0.1, -0.05) is 24.0 Å². The summed E-state index contributed by atoms with van der Waals surface area (Å²) in [5.41, 5.74) is 6.72. The van der Waals surface area contributed by atoms with Gasteiger partial charge in [0.05, 0.1) is 17.8 Å². The molecule has 0 spiro atoms. The number of aliphatic hydroxyl groups is 3. The Morgan fingerprint density at radius 2 is 2.13 bits per heavy atom. The van der Waals surface area contributed by atoms with Crippen LogP contribution in [0, 0.1) is 11.8 Å². The molecule has 8 nitrogen and oxygen atoms in total.